The molecule has 0 radical (unpaired) electrons. The highest BCUT2D eigenvalue weighted by Crippen LogP contribution is 2.19. The molecule has 4 nitrogen and oxygen atoms in total. The molecule has 90 valence electrons. The molecule has 16 heavy (non-hydrogen) atoms. The van der Waals surface area contributed by atoms with Crippen molar-refractivity contribution in [2.75, 3.05) is 0 Å². The molecule has 1 unspecified atom stereocenters. The Morgan fingerprint density at radius 3 is 2.56 bits per heavy atom. The number of nitrogens with one attached hydrogen (secondary N) is 1. The summed E-state index contributed by atoms with van der Waals surface area (Å²) in [6.07, 6.45) is 1.58. The highest BCUT2D eigenvalue weighted by Gasteiger charge is 2.28. The van der Waals surface area contributed by atoms with Gasteiger partial charge in [0.25, 0.3) is 0 Å². The molecule has 0 bridgehead atoms. The van der Waals surface area contributed by atoms with Crippen molar-refractivity contribution in [3.8, 4) is 0 Å². The van der Waals surface area contributed by atoms with Gasteiger partial charge in [-0.15, -0.1) is 0 Å². The van der Waals surface area contributed by atoms with Gasteiger partial charge in [-0.3, -0.25) is 4.79 Å². The van der Waals surface area contributed by atoms with Gasteiger partial charge < -0.3 is 15.5 Å². The molecule has 1 amide bonds. The molecule has 0 aliphatic heterocycles. The molecule has 0 aliphatic carbocycles. The molecule has 3 N–H and O–H groups in total. The molecule has 2 atom stereocenters. The predicted octanol–water partition coefficient (Wildman–Crippen LogP) is 1.83. The first kappa shape index (κ1) is 12.8. The van der Waals surface area contributed by atoms with Gasteiger partial charge in [-0.1, -0.05) is 20.8 Å². The summed E-state index contributed by atoms with van der Waals surface area (Å²) in [6, 6.07) is 2.94. The lowest BCUT2D eigenvalue weighted by molar-refractivity contribution is -0.125. The summed E-state index contributed by atoms with van der Waals surface area (Å²) in [4.78, 5) is 11.8. The molecule has 0 aliphatic rings. The van der Waals surface area contributed by atoms with Crippen LogP contribution < -0.4 is 11.1 Å². The monoisotopic (exact) mass is 224 g/mol. The summed E-state index contributed by atoms with van der Waals surface area (Å²) >= 11 is 0. The fourth-order valence-electron chi connectivity index (χ4n) is 1.31. The van der Waals surface area contributed by atoms with Crippen molar-refractivity contribution in [2.45, 2.75) is 39.8 Å². The van der Waals surface area contributed by atoms with Crippen molar-refractivity contribution < 1.29 is 9.21 Å². The van der Waals surface area contributed by atoms with Crippen LogP contribution in [0.15, 0.2) is 22.8 Å². The van der Waals surface area contributed by atoms with Crippen molar-refractivity contribution in [2.24, 2.45) is 11.1 Å². The van der Waals surface area contributed by atoms with Gasteiger partial charge in [0.1, 0.15) is 5.76 Å². The minimum atomic E-state index is -0.523. The molecule has 0 fully saturated rings. The normalized spacial score (nSPS) is 15.6. The standard InChI is InChI=1S/C12H20N2O2/c1-8(9-6-5-7-16-9)14-11(15)10(13)12(2,3)4/h5-8,10H,13H2,1-4H3,(H,14,15)/t8?,10-/m0/s1. The average Bonchev–Trinajstić information content (AvgIpc) is 2.67. The summed E-state index contributed by atoms with van der Waals surface area (Å²) in [5.41, 5.74) is 5.61. The van der Waals surface area contributed by atoms with Crippen LogP contribution in [0.3, 0.4) is 0 Å². The van der Waals surface area contributed by atoms with Gasteiger partial charge >= 0.3 is 0 Å². The smallest absolute Gasteiger partial charge is 0.238 e. The first-order chi connectivity index (χ1) is 7.32. The van der Waals surface area contributed by atoms with Crippen molar-refractivity contribution in [3.63, 3.8) is 0 Å². The number of nitrogens with two attached hydrogens (primary N) is 1. The Balaban J connectivity index is 2.59. The second-order valence-corrected chi connectivity index (χ2v) is 5.09. The van der Waals surface area contributed by atoms with Gasteiger partial charge in [-0.2, -0.15) is 0 Å². The van der Waals surface area contributed by atoms with E-state index in [9.17, 15) is 4.79 Å². The van der Waals surface area contributed by atoms with Crippen LogP contribution in [0, 0.1) is 5.41 Å². The topological polar surface area (TPSA) is 68.3 Å². The summed E-state index contributed by atoms with van der Waals surface area (Å²) in [5.74, 6) is 0.575. The number of carbonyl (C=O) groups excluding carboxylic acids is 1. The van der Waals surface area contributed by atoms with Crippen LogP contribution in [-0.2, 0) is 4.79 Å². The van der Waals surface area contributed by atoms with Crippen LogP contribution in [0.2, 0.25) is 0 Å². The lowest BCUT2D eigenvalue weighted by Gasteiger charge is -2.27. The van der Waals surface area contributed by atoms with E-state index in [1.54, 1.807) is 12.3 Å². The molecule has 0 saturated heterocycles. The molecule has 0 spiro atoms. The highest BCUT2D eigenvalue weighted by molar-refractivity contribution is 5.82. The van der Waals surface area contributed by atoms with E-state index in [4.69, 9.17) is 10.2 Å². The van der Waals surface area contributed by atoms with E-state index in [-0.39, 0.29) is 17.4 Å². The Kier molecular flexibility index (Phi) is 3.75. The Bertz CT molecular complexity index is 338. The first-order valence-corrected chi connectivity index (χ1v) is 5.41. The van der Waals surface area contributed by atoms with E-state index in [1.165, 1.54) is 0 Å². The van der Waals surface area contributed by atoms with Gasteiger partial charge in [-0.25, -0.2) is 0 Å². The molecule has 1 rings (SSSR count). The third-order valence-electron chi connectivity index (χ3n) is 2.54. The van der Waals surface area contributed by atoms with E-state index < -0.39 is 6.04 Å². The quantitative estimate of drug-likeness (QED) is 0.823. The van der Waals surface area contributed by atoms with Gasteiger partial charge in [0, 0.05) is 0 Å². The van der Waals surface area contributed by atoms with Crippen LogP contribution in [0.1, 0.15) is 39.5 Å². The van der Waals surface area contributed by atoms with E-state index in [1.807, 2.05) is 33.8 Å². The first-order valence-electron chi connectivity index (χ1n) is 5.41. The highest BCUT2D eigenvalue weighted by atomic mass is 16.3. The molecule has 4 heteroatoms. The number of hydrogen-bond donors (Lipinski definition) is 2. The third-order valence-corrected chi connectivity index (χ3v) is 2.54. The average molecular weight is 224 g/mol. The number of rotatable bonds is 3. The second-order valence-electron chi connectivity index (χ2n) is 5.09. The van der Waals surface area contributed by atoms with Crippen LogP contribution in [0.4, 0.5) is 0 Å². The number of amides is 1. The molecular weight excluding hydrogens is 204 g/mol. The zero-order chi connectivity index (χ0) is 12.3. The number of furan rings is 1. The zero-order valence-corrected chi connectivity index (χ0v) is 10.3. The lowest BCUT2D eigenvalue weighted by Crippen LogP contribution is -2.49. The summed E-state index contributed by atoms with van der Waals surface area (Å²) in [7, 11) is 0. The van der Waals surface area contributed by atoms with Crippen LogP contribution in [0.25, 0.3) is 0 Å². The molecule has 0 saturated carbocycles. The fraction of sp³-hybridized carbons (Fsp3) is 0.583. The van der Waals surface area contributed by atoms with Crippen LogP contribution in [-0.4, -0.2) is 11.9 Å². The van der Waals surface area contributed by atoms with Gasteiger partial charge in [0.05, 0.1) is 18.3 Å². The van der Waals surface area contributed by atoms with Gasteiger partial charge in [-0.05, 0) is 24.5 Å². The lowest BCUT2D eigenvalue weighted by atomic mass is 9.87. The molecule has 1 aromatic heterocycles. The minimum absolute atomic E-state index is 0.156. The molecule has 0 aromatic carbocycles. The molecular formula is C12H20N2O2. The maximum Gasteiger partial charge on any atom is 0.238 e. The summed E-state index contributed by atoms with van der Waals surface area (Å²) in [5, 5.41) is 2.83. The largest absolute Gasteiger partial charge is 0.467 e. The van der Waals surface area contributed by atoms with Crippen molar-refractivity contribution >= 4 is 5.91 Å². The molecule has 1 aromatic rings. The maximum atomic E-state index is 11.8. The van der Waals surface area contributed by atoms with E-state index >= 15 is 0 Å². The number of carbonyl (C=O) groups is 1. The van der Waals surface area contributed by atoms with Crippen molar-refractivity contribution in [1.82, 2.24) is 5.32 Å². The van der Waals surface area contributed by atoms with Crippen LogP contribution >= 0.6 is 0 Å². The zero-order valence-electron chi connectivity index (χ0n) is 10.3. The van der Waals surface area contributed by atoms with E-state index in [0.717, 1.165) is 5.76 Å². The Morgan fingerprint density at radius 1 is 1.50 bits per heavy atom. The third kappa shape index (κ3) is 3.10. The Morgan fingerprint density at radius 2 is 2.12 bits per heavy atom. The summed E-state index contributed by atoms with van der Waals surface area (Å²) in [6.45, 7) is 7.69. The Hall–Kier alpha value is -1.29. The summed E-state index contributed by atoms with van der Waals surface area (Å²) < 4.78 is 5.21. The van der Waals surface area contributed by atoms with Crippen molar-refractivity contribution in [1.29, 1.82) is 0 Å². The minimum Gasteiger partial charge on any atom is -0.467 e. The Labute approximate surface area is 96.2 Å². The predicted molar refractivity (Wildman–Crippen MR) is 62.7 cm³/mol. The fourth-order valence-corrected chi connectivity index (χ4v) is 1.31. The van der Waals surface area contributed by atoms with Gasteiger partial charge in [0.2, 0.25) is 5.91 Å². The van der Waals surface area contributed by atoms with E-state index in [2.05, 4.69) is 5.32 Å². The van der Waals surface area contributed by atoms with Crippen LogP contribution in [0.5, 0.6) is 0 Å². The second kappa shape index (κ2) is 4.70. The SMILES string of the molecule is CC(NC(=O)[C@H](N)C(C)(C)C)c1ccco1. The van der Waals surface area contributed by atoms with E-state index in [0.29, 0.717) is 0 Å². The maximum absolute atomic E-state index is 11.8. The van der Waals surface area contributed by atoms with Crippen molar-refractivity contribution in [3.05, 3.63) is 24.2 Å². The van der Waals surface area contributed by atoms with Gasteiger partial charge in [0.15, 0.2) is 0 Å². The number of hydrogen-bond acceptors (Lipinski definition) is 3. The molecule has 1 heterocycles.